The van der Waals surface area contributed by atoms with Gasteiger partial charge in [0.2, 0.25) is 0 Å². The lowest BCUT2D eigenvalue weighted by molar-refractivity contribution is 0.191. The van der Waals surface area contributed by atoms with Crippen LogP contribution in [0.1, 0.15) is 33.6 Å². The third kappa shape index (κ3) is 3.38. The van der Waals surface area contributed by atoms with Crippen LogP contribution in [0.25, 0.3) is 0 Å². The van der Waals surface area contributed by atoms with Gasteiger partial charge in [-0.1, -0.05) is 0 Å². The summed E-state index contributed by atoms with van der Waals surface area (Å²) in [6.45, 7) is 8.76. The van der Waals surface area contributed by atoms with Crippen LogP contribution < -0.4 is 10.6 Å². The molecule has 1 aliphatic heterocycles. The van der Waals surface area contributed by atoms with Gasteiger partial charge in [-0.15, -0.1) is 0 Å². The molecule has 0 aliphatic carbocycles. The summed E-state index contributed by atoms with van der Waals surface area (Å²) in [4.78, 5) is 13.6. The standard InChI is InChI=1S/C11H23N3O/c1-4-14(5-2)11(15)13-10-7-6-8-12-9(10)3/h9-10,12H,4-8H2,1-3H3,(H,13,15). The molecule has 1 saturated heterocycles. The Bertz CT molecular complexity index is 204. The topological polar surface area (TPSA) is 44.4 Å². The van der Waals surface area contributed by atoms with Crippen LogP contribution in [-0.4, -0.2) is 42.6 Å². The molecule has 1 heterocycles. The Hall–Kier alpha value is -0.770. The van der Waals surface area contributed by atoms with Gasteiger partial charge in [0.05, 0.1) is 0 Å². The minimum absolute atomic E-state index is 0.0700. The molecule has 0 spiro atoms. The second kappa shape index (κ2) is 5.95. The zero-order chi connectivity index (χ0) is 11.3. The molecule has 0 aromatic heterocycles. The SMILES string of the molecule is CCN(CC)C(=O)NC1CCCNC1C. The average molecular weight is 213 g/mol. The van der Waals surface area contributed by atoms with Crippen LogP contribution in [-0.2, 0) is 0 Å². The van der Waals surface area contributed by atoms with Gasteiger partial charge in [0.25, 0.3) is 0 Å². The Morgan fingerprint density at radius 3 is 2.67 bits per heavy atom. The molecule has 4 nitrogen and oxygen atoms in total. The van der Waals surface area contributed by atoms with E-state index < -0.39 is 0 Å². The lowest BCUT2D eigenvalue weighted by atomic mass is 10.0. The fourth-order valence-corrected chi connectivity index (χ4v) is 2.00. The van der Waals surface area contributed by atoms with Gasteiger partial charge >= 0.3 is 6.03 Å². The summed E-state index contributed by atoms with van der Waals surface area (Å²) in [5.41, 5.74) is 0. The molecule has 2 unspecified atom stereocenters. The van der Waals surface area contributed by atoms with E-state index >= 15 is 0 Å². The van der Waals surface area contributed by atoms with E-state index in [1.807, 2.05) is 18.7 Å². The van der Waals surface area contributed by atoms with Gasteiger partial charge in [0.15, 0.2) is 0 Å². The van der Waals surface area contributed by atoms with Crippen molar-refractivity contribution in [1.82, 2.24) is 15.5 Å². The molecule has 2 atom stereocenters. The van der Waals surface area contributed by atoms with E-state index in [4.69, 9.17) is 0 Å². The maximum absolute atomic E-state index is 11.8. The number of carbonyl (C=O) groups excluding carboxylic acids is 1. The van der Waals surface area contributed by atoms with E-state index in [1.165, 1.54) is 0 Å². The number of piperidine rings is 1. The van der Waals surface area contributed by atoms with E-state index in [-0.39, 0.29) is 12.1 Å². The minimum Gasteiger partial charge on any atom is -0.334 e. The van der Waals surface area contributed by atoms with Crippen LogP contribution in [0.15, 0.2) is 0 Å². The smallest absolute Gasteiger partial charge is 0.317 e. The summed E-state index contributed by atoms with van der Waals surface area (Å²) in [6.07, 6.45) is 2.23. The third-order valence-corrected chi connectivity index (χ3v) is 3.12. The summed E-state index contributed by atoms with van der Waals surface area (Å²) in [7, 11) is 0. The molecular weight excluding hydrogens is 190 g/mol. The molecule has 1 aliphatic rings. The maximum Gasteiger partial charge on any atom is 0.317 e. The molecule has 1 rings (SSSR count). The van der Waals surface area contributed by atoms with Crippen molar-refractivity contribution in [2.45, 2.75) is 45.7 Å². The molecule has 4 heteroatoms. The summed E-state index contributed by atoms with van der Waals surface area (Å²) >= 11 is 0. The highest BCUT2D eigenvalue weighted by Gasteiger charge is 2.23. The molecule has 2 amide bonds. The highest BCUT2D eigenvalue weighted by atomic mass is 16.2. The van der Waals surface area contributed by atoms with Crippen LogP contribution in [0, 0.1) is 0 Å². The van der Waals surface area contributed by atoms with Gasteiger partial charge in [-0.25, -0.2) is 4.79 Å². The first-order valence-corrected chi connectivity index (χ1v) is 5.97. The molecule has 2 N–H and O–H groups in total. The van der Waals surface area contributed by atoms with Crippen LogP contribution >= 0.6 is 0 Å². The van der Waals surface area contributed by atoms with Crippen molar-refractivity contribution < 1.29 is 4.79 Å². The van der Waals surface area contributed by atoms with E-state index in [2.05, 4.69) is 17.6 Å². The van der Waals surface area contributed by atoms with Crippen LogP contribution in [0.3, 0.4) is 0 Å². The summed E-state index contributed by atoms with van der Waals surface area (Å²) in [6, 6.07) is 0.741. The Labute approximate surface area is 92.4 Å². The van der Waals surface area contributed by atoms with Crippen molar-refractivity contribution in [3.8, 4) is 0 Å². The van der Waals surface area contributed by atoms with Gasteiger partial charge in [0, 0.05) is 25.2 Å². The fourth-order valence-electron chi connectivity index (χ4n) is 2.00. The van der Waals surface area contributed by atoms with Gasteiger partial charge in [0.1, 0.15) is 0 Å². The molecule has 15 heavy (non-hydrogen) atoms. The normalized spacial score (nSPS) is 26.1. The quantitative estimate of drug-likeness (QED) is 0.739. The van der Waals surface area contributed by atoms with E-state index in [0.29, 0.717) is 6.04 Å². The molecular formula is C11H23N3O. The number of urea groups is 1. The van der Waals surface area contributed by atoms with Crippen molar-refractivity contribution in [3.63, 3.8) is 0 Å². The molecule has 0 saturated carbocycles. The minimum atomic E-state index is 0.0700. The van der Waals surface area contributed by atoms with Crippen molar-refractivity contribution in [3.05, 3.63) is 0 Å². The monoisotopic (exact) mass is 213 g/mol. The Kier molecular flexibility index (Phi) is 4.88. The van der Waals surface area contributed by atoms with Crippen LogP contribution in [0.4, 0.5) is 4.79 Å². The number of rotatable bonds is 3. The van der Waals surface area contributed by atoms with Gasteiger partial charge in [-0.3, -0.25) is 0 Å². The fraction of sp³-hybridized carbons (Fsp3) is 0.909. The predicted molar refractivity (Wildman–Crippen MR) is 61.9 cm³/mol. The zero-order valence-electron chi connectivity index (χ0n) is 10.0. The lowest BCUT2D eigenvalue weighted by Crippen LogP contribution is -2.54. The highest BCUT2D eigenvalue weighted by Crippen LogP contribution is 2.08. The predicted octanol–water partition coefficient (Wildman–Crippen LogP) is 1.18. The van der Waals surface area contributed by atoms with Crippen molar-refractivity contribution >= 4 is 6.03 Å². The van der Waals surface area contributed by atoms with Crippen LogP contribution in [0.2, 0.25) is 0 Å². The summed E-state index contributed by atoms with van der Waals surface area (Å²) in [5.74, 6) is 0. The second-order valence-electron chi connectivity index (χ2n) is 4.11. The number of carbonyl (C=O) groups is 1. The first-order chi connectivity index (χ1) is 7.19. The maximum atomic E-state index is 11.8. The number of nitrogens with zero attached hydrogens (tertiary/aromatic N) is 1. The Morgan fingerprint density at radius 1 is 1.47 bits per heavy atom. The Balaban J connectivity index is 2.41. The lowest BCUT2D eigenvalue weighted by Gasteiger charge is -2.32. The largest absolute Gasteiger partial charge is 0.334 e. The number of nitrogens with one attached hydrogen (secondary N) is 2. The highest BCUT2D eigenvalue weighted by molar-refractivity contribution is 5.74. The van der Waals surface area contributed by atoms with Gasteiger partial charge < -0.3 is 15.5 Å². The second-order valence-corrected chi connectivity index (χ2v) is 4.11. The van der Waals surface area contributed by atoms with E-state index in [9.17, 15) is 4.79 Å². The molecule has 0 aromatic rings. The number of hydrogen-bond donors (Lipinski definition) is 2. The average Bonchev–Trinajstić information content (AvgIpc) is 2.23. The van der Waals surface area contributed by atoms with Crippen LogP contribution in [0.5, 0.6) is 0 Å². The van der Waals surface area contributed by atoms with E-state index in [0.717, 1.165) is 32.5 Å². The molecule has 88 valence electrons. The van der Waals surface area contributed by atoms with Crippen molar-refractivity contribution in [2.75, 3.05) is 19.6 Å². The molecule has 0 bridgehead atoms. The summed E-state index contributed by atoms with van der Waals surface area (Å²) in [5, 5.41) is 6.47. The van der Waals surface area contributed by atoms with Gasteiger partial charge in [-0.05, 0) is 40.2 Å². The van der Waals surface area contributed by atoms with Crippen molar-refractivity contribution in [1.29, 1.82) is 0 Å². The first kappa shape index (κ1) is 12.3. The zero-order valence-corrected chi connectivity index (χ0v) is 10.0. The third-order valence-electron chi connectivity index (χ3n) is 3.12. The van der Waals surface area contributed by atoms with Crippen molar-refractivity contribution in [2.24, 2.45) is 0 Å². The number of amides is 2. The van der Waals surface area contributed by atoms with Gasteiger partial charge in [-0.2, -0.15) is 0 Å². The molecule has 1 fully saturated rings. The summed E-state index contributed by atoms with van der Waals surface area (Å²) < 4.78 is 0. The molecule has 0 aromatic carbocycles. The molecule has 0 radical (unpaired) electrons. The Morgan fingerprint density at radius 2 is 2.13 bits per heavy atom. The number of hydrogen-bond acceptors (Lipinski definition) is 2. The first-order valence-electron chi connectivity index (χ1n) is 5.97. The van der Waals surface area contributed by atoms with E-state index in [1.54, 1.807) is 0 Å².